The Bertz CT molecular complexity index is 684. The van der Waals surface area contributed by atoms with Crippen LogP contribution in [-0.4, -0.2) is 73.7 Å². The number of hydrogen-bond acceptors (Lipinski definition) is 3. The van der Waals surface area contributed by atoms with Crippen molar-refractivity contribution >= 4 is 11.9 Å². The predicted molar refractivity (Wildman–Crippen MR) is 103 cm³/mol. The monoisotopic (exact) mass is 399 g/mol. The van der Waals surface area contributed by atoms with Crippen molar-refractivity contribution in [1.29, 1.82) is 0 Å². The van der Waals surface area contributed by atoms with E-state index >= 15 is 0 Å². The first-order valence-electron chi connectivity index (χ1n) is 9.41. The number of guanidine groups is 1. The van der Waals surface area contributed by atoms with Crippen LogP contribution in [0.1, 0.15) is 29.8 Å². The first-order chi connectivity index (χ1) is 13.3. The molecular formula is C19H28F3N5O. The summed E-state index contributed by atoms with van der Waals surface area (Å²) in [6, 6.07) is 5.77. The zero-order valence-electron chi connectivity index (χ0n) is 16.5. The molecule has 0 bridgehead atoms. The Morgan fingerprint density at radius 2 is 1.93 bits per heavy atom. The van der Waals surface area contributed by atoms with Crippen LogP contribution in [0.3, 0.4) is 0 Å². The molecule has 1 aromatic carbocycles. The summed E-state index contributed by atoms with van der Waals surface area (Å²) in [7, 11) is 1.58. The molecule has 1 fully saturated rings. The van der Waals surface area contributed by atoms with Crippen molar-refractivity contribution in [2.24, 2.45) is 4.99 Å². The van der Waals surface area contributed by atoms with Gasteiger partial charge >= 0.3 is 6.18 Å². The zero-order valence-corrected chi connectivity index (χ0v) is 16.5. The quantitative estimate of drug-likeness (QED) is 0.588. The number of alkyl halides is 3. The van der Waals surface area contributed by atoms with Crippen molar-refractivity contribution in [2.45, 2.75) is 32.6 Å². The molecule has 28 heavy (non-hydrogen) atoms. The van der Waals surface area contributed by atoms with Crippen LogP contribution in [0.25, 0.3) is 0 Å². The van der Waals surface area contributed by atoms with Crippen LogP contribution >= 0.6 is 0 Å². The number of carbonyl (C=O) groups excluding carboxylic acids is 1. The van der Waals surface area contributed by atoms with Gasteiger partial charge in [-0.25, -0.2) is 4.99 Å². The number of piperazine rings is 1. The molecule has 1 aliphatic heterocycles. The lowest BCUT2D eigenvalue weighted by molar-refractivity contribution is -0.181. The molecule has 0 aliphatic carbocycles. The van der Waals surface area contributed by atoms with Crippen LogP contribution in [0.5, 0.6) is 0 Å². The van der Waals surface area contributed by atoms with E-state index in [2.05, 4.69) is 15.6 Å². The van der Waals surface area contributed by atoms with Gasteiger partial charge in [0.2, 0.25) is 0 Å². The Hall–Kier alpha value is -2.29. The Morgan fingerprint density at radius 3 is 2.50 bits per heavy atom. The fourth-order valence-corrected chi connectivity index (χ4v) is 3.08. The van der Waals surface area contributed by atoms with E-state index in [1.807, 2.05) is 17.9 Å². The second-order valence-electron chi connectivity index (χ2n) is 6.69. The van der Waals surface area contributed by atoms with Gasteiger partial charge in [0.15, 0.2) is 5.96 Å². The Balaban J connectivity index is 2.03. The van der Waals surface area contributed by atoms with E-state index in [1.54, 1.807) is 25.2 Å². The summed E-state index contributed by atoms with van der Waals surface area (Å²) in [5.74, 6) is 0.514. The maximum Gasteiger partial charge on any atom is 0.403 e. The van der Waals surface area contributed by atoms with Gasteiger partial charge in [-0.1, -0.05) is 12.1 Å². The first-order valence-corrected chi connectivity index (χ1v) is 9.41. The molecule has 1 unspecified atom stereocenters. The molecule has 0 radical (unpaired) electrons. The summed E-state index contributed by atoms with van der Waals surface area (Å²) in [6.45, 7) is 5.81. The van der Waals surface area contributed by atoms with E-state index in [0.717, 1.165) is 5.56 Å². The molecule has 1 aliphatic rings. The smallest absolute Gasteiger partial charge is 0.357 e. The van der Waals surface area contributed by atoms with Gasteiger partial charge < -0.3 is 15.5 Å². The normalized spacial score (nSPS) is 17.4. The van der Waals surface area contributed by atoms with Crippen molar-refractivity contribution in [3.8, 4) is 0 Å². The molecule has 9 heteroatoms. The van der Waals surface area contributed by atoms with Gasteiger partial charge in [0.1, 0.15) is 6.04 Å². The minimum absolute atomic E-state index is 0.160. The molecule has 6 nitrogen and oxygen atoms in total. The maximum atomic E-state index is 12.9. The lowest BCUT2D eigenvalue weighted by Crippen LogP contribution is -2.56. The number of amides is 1. The first kappa shape index (κ1) is 22.0. The highest BCUT2D eigenvalue weighted by Gasteiger charge is 2.41. The summed E-state index contributed by atoms with van der Waals surface area (Å²) < 4.78 is 38.7. The minimum atomic E-state index is -4.21. The van der Waals surface area contributed by atoms with Crippen molar-refractivity contribution in [1.82, 2.24) is 20.4 Å². The van der Waals surface area contributed by atoms with E-state index in [-0.39, 0.29) is 5.91 Å². The summed E-state index contributed by atoms with van der Waals surface area (Å²) in [6.07, 6.45) is -4.21. The molecule has 2 N–H and O–H groups in total. The van der Waals surface area contributed by atoms with Crippen LogP contribution in [-0.2, 0) is 6.54 Å². The number of rotatable bonds is 5. The van der Waals surface area contributed by atoms with Gasteiger partial charge in [-0.3, -0.25) is 9.69 Å². The third-order valence-electron chi connectivity index (χ3n) is 4.80. The van der Waals surface area contributed by atoms with E-state index < -0.39 is 12.2 Å². The summed E-state index contributed by atoms with van der Waals surface area (Å²) in [5.41, 5.74) is 1.45. The molecule has 1 atom stereocenters. The van der Waals surface area contributed by atoms with Gasteiger partial charge in [0.25, 0.3) is 5.91 Å². The largest absolute Gasteiger partial charge is 0.403 e. The second kappa shape index (κ2) is 9.77. The van der Waals surface area contributed by atoms with E-state index in [4.69, 9.17) is 0 Å². The number of nitrogens with one attached hydrogen (secondary N) is 2. The Kier molecular flexibility index (Phi) is 7.68. The van der Waals surface area contributed by atoms with Crippen LogP contribution in [0.2, 0.25) is 0 Å². The highest BCUT2D eigenvalue weighted by Crippen LogP contribution is 2.25. The van der Waals surface area contributed by atoms with Crippen molar-refractivity contribution in [2.75, 3.05) is 39.8 Å². The number of carbonyl (C=O) groups is 1. The standard InChI is InChI=1S/C19H28F3N5O/c1-4-24-18(25-13-15-6-5-7-16(12-15)17(28)23-3)27-10-8-26(9-11-27)14(2)19(20,21)22/h5-7,12,14H,4,8-11,13H2,1-3H3,(H,23,28)(H,24,25). The lowest BCUT2D eigenvalue weighted by Gasteiger charge is -2.39. The Morgan fingerprint density at radius 1 is 1.25 bits per heavy atom. The fourth-order valence-electron chi connectivity index (χ4n) is 3.08. The molecule has 0 spiro atoms. The number of benzene rings is 1. The van der Waals surface area contributed by atoms with Gasteiger partial charge in [-0.15, -0.1) is 0 Å². The predicted octanol–water partition coefficient (Wildman–Crippen LogP) is 2.08. The molecule has 2 rings (SSSR count). The molecular weight excluding hydrogens is 371 g/mol. The second-order valence-corrected chi connectivity index (χ2v) is 6.69. The van der Waals surface area contributed by atoms with Gasteiger partial charge in [0, 0.05) is 45.3 Å². The molecule has 0 aromatic heterocycles. The number of aliphatic imine (C=N–C) groups is 1. The molecule has 156 valence electrons. The lowest BCUT2D eigenvalue weighted by atomic mass is 10.1. The number of nitrogens with zero attached hydrogens (tertiary/aromatic N) is 3. The molecule has 1 amide bonds. The maximum absolute atomic E-state index is 12.9. The van der Waals surface area contributed by atoms with E-state index in [9.17, 15) is 18.0 Å². The SMILES string of the molecule is CCNC(=NCc1cccc(C(=O)NC)c1)N1CCN(C(C)C(F)(F)F)CC1. The minimum Gasteiger partial charge on any atom is -0.357 e. The van der Waals surface area contributed by atoms with Crippen molar-refractivity contribution < 1.29 is 18.0 Å². The average Bonchev–Trinajstić information content (AvgIpc) is 2.69. The zero-order chi connectivity index (χ0) is 20.7. The Labute approximate surface area is 163 Å². The van der Waals surface area contributed by atoms with Crippen LogP contribution in [0.4, 0.5) is 13.2 Å². The summed E-state index contributed by atoms with van der Waals surface area (Å²) >= 11 is 0. The van der Waals surface area contributed by atoms with E-state index in [1.165, 1.54) is 11.8 Å². The summed E-state index contributed by atoms with van der Waals surface area (Å²) in [5, 5.41) is 5.79. The van der Waals surface area contributed by atoms with Gasteiger partial charge in [-0.2, -0.15) is 13.2 Å². The fraction of sp³-hybridized carbons (Fsp3) is 0.579. The molecule has 1 aromatic rings. The van der Waals surface area contributed by atoms with Gasteiger partial charge in [-0.05, 0) is 31.5 Å². The number of halogens is 3. The third-order valence-corrected chi connectivity index (χ3v) is 4.80. The van der Waals surface area contributed by atoms with Crippen LogP contribution in [0, 0.1) is 0 Å². The molecule has 0 saturated carbocycles. The van der Waals surface area contributed by atoms with Crippen molar-refractivity contribution in [3.05, 3.63) is 35.4 Å². The molecule has 1 heterocycles. The number of hydrogen-bond donors (Lipinski definition) is 2. The average molecular weight is 399 g/mol. The van der Waals surface area contributed by atoms with Crippen molar-refractivity contribution in [3.63, 3.8) is 0 Å². The van der Waals surface area contributed by atoms with Crippen LogP contribution in [0.15, 0.2) is 29.3 Å². The highest BCUT2D eigenvalue weighted by atomic mass is 19.4. The topological polar surface area (TPSA) is 60.0 Å². The highest BCUT2D eigenvalue weighted by molar-refractivity contribution is 5.94. The summed E-state index contributed by atoms with van der Waals surface area (Å²) in [4.78, 5) is 19.8. The van der Waals surface area contributed by atoms with E-state index in [0.29, 0.717) is 50.8 Å². The van der Waals surface area contributed by atoms with Crippen LogP contribution < -0.4 is 10.6 Å². The molecule has 1 saturated heterocycles. The van der Waals surface area contributed by atoms with Gasteiger partial charge in [0.05, 0.1) is 6.54 Å². The third kappa shape index (κ3) is 5.85.